The number of rotatable bonds is 8. The maximum atomic E-state index is 10.2. The predicted octanol–water partition coefficient (Wildman–Crippen LogP) is 3.16. The Morgan fingerprint density at radius 3 is 2.54 bits per heavy atom. The summed E-state index contributed by atoms with van der Waals surface area (Å²) in [6, 6.07) is 0. The van der Waals surface area contributed by atoms with E-state index in [1.54, 1.807) is 0 Å². The van der Waals surface area contributed by atoms with Gasteiger partial charge in [-0.2, -0.15) is 11.8 Å². The lowest BCUT2D eigenvalue weighted by atomic mass is 10.1. The molecule has 0 rings (SSSR count). The average Bonchev–Trinajstić information content (AvgIpc) is 2.10. The fourth-order valence-corrected chi connectivity index (χ4v) is 2.33. The SMILES string of the molecule is CCSC(CC)CCCCC(=O)O. The maximum absolute atomic E-state index is 10.2. The van der Waals surface area contributed by atoms with Crippen molar-refractivity contribution in [2.24, 2.45) is 0 Å². The van der Waals surface area contributed by atoms with E-state index in [2.05, 4.69) is 13.8 Å². The second kappa shape index (κ2) is 8.42. The molecule has 0 amide bonds. The second-order valence-corrected chi connectivity index (χ2v) is 4.70. The van der Waals surface area contributed by atoms with E-state index in [1.807, 2.05) is 11.8 Å². The van der Waals surface area contributed by atoms with Gasteiger partial charge in [-0.1, -0.05) is 20.3 Å². The average molecular weight is 204 g/mol. The standard InChI is InChI=1S/C10H20O2S/c1-3-9(13-4-2)7-5-6-8-10(11)12/h9H,3-8H2,1-2H3,(H,11,12). The van der Waals surface area contributed by atoms with Crippen LogP contribution in [-0.2, 0) is 4.79 Å². The first-order valence-electron chi connectivity index (χ1n) is 5.04. The minimum absolute atomic E-state index is 0.327. The molecule has 0 aromatic carbocycles. The number of aliphatic carboxylic acids is 1. The zero-order valence-electron chi connectivity index (χ0n) is 8.58. The third kappa shape index (κ3) is 8.16. The largest absolute Gasteiger partial charge is 0.481 e. The van der Waals surface area contributed by atoms with E-state index in [0.717, 1.165) is 23.8 Å². The Balaban J connectivity index is 3.32. The molecule has 1 N–H and O–H groups in total. The van der Waals surface area contributed by atoms with Gasteiger partial charge in [-0.05, 0) is 25.0 Å². The Labute approximate surface area is 85.1 Å². The quantitative estimate of drug-likeness (QED) is 0.617. The number of hydrogen-bond donors (Lipinski definition) is 1. The molecule has 0 heterocycles. The van der Waals surface area contributed by atoms with Crippen LogP contribution < -0.4 is 0 Å². The summed E-state index contributed by atoms with van der Waals surface area (Å²) < 4.78 is 0. The third-order valence-electron chi connectivity index (χ3n) is 2.02. The fraction of sp³-hybridized carbons (Fsp3) is 0.900. The molecule has 13 heavy (non-hydrogen) atoms. The molecule has 0 saturated heterocycles. The van der Waals surface area contributed by atoms with E-state index in [-0.39, 0.29) is 0 Å². The summed E-state index contributed by atoms with van der Waals surface area (Å²) >= 11 is 1.99. The van der Waals surface area contributed by atoms with Crippen molar-refractivity contribution in [3.05, 3.63) is 0 Å². The van der Waals surface area contributed by atoms with Gasteiger partial charge in [0.25, 0.3) is 0 Å². The molecule has 0 saturated carbocycles. The molecule has 0 aliphatic heterocycles. The van der Waals surface area contributed by atoms with Crippen LogP contribution in [-0.4, -0.2) is 22.1 Å². The number of hydrogen-bond acceptors (Lipinski definition) is 2. The van der Waals surface area contributed by atoms with Gasteiger partial charge in [-0.3, -0.25) is 4.79 Å². The molecular formula is C10H20O2S. The minimum Gasteiger partial charge on any atom is -0.481 e. The Morgan fingerprint density at radius 1 is 1.38 bits per heavy atom. The Morgan fingerprint density at radius 2 is 2.08 bits per heavy atom. The summed E-state index contributed by atoms with van der Waals surface area (Å²) in [4.78, 5) is 10.2. The van der Waals surface area contributed by atoms with Crippen molar-refractivity contribution in [3.8, 4) is 0 Å². The predicted molar refractivity (Wildman–Crippen MR) is 58.3 cm³/mol. The molecule has 0 aliphatic rings. The van der Waals surface area contributed by atoms with Gasteiger partial charge in [-0.15, -0.1) is 0 Å². The molecular weight excluding hydrogens is 184 g/mol. The summed E-state index contributed by atoms with van der Waals surface area (Å²) in [7, 11) is 0. The van der Waals surface area contributed by atoms with Crippen molar-refractivity contribution < 1.29 is 9.90 Å². The molecule has 0 fully saturated rings. The van der Waals surface area contributed by atoms with E-state index in [9.17, 15) is 4.79 Å². The van der Waals surface area contributed by atoms with Crippen LogP contribution in [0.1, 0.15) is 46.0 Å². The van der Waals surface area contributed by atoms with E-state index >= 15 is 0 Å². The van der Waals surface area contributed by atoms with Crippen molar-refractivity contribution in [2.45, 2.75) is 51.2 Å². The summed E-state index contributed by atoms with van der Waals surface area (Å²) in [6.07, 6.45) is 4.58. The van der Waals surface area contributed by atoms with Crippen molar-refractivity contribution in [3.63, 3.8) is 0 Å². The van der Waals surface area contributed by atoms with Gasteiger partial charge in [0.15, 0.2) is 0 Å². The number of carboxylic acid groups (broad SMARTS) is 1. The molecule has 0 aromatic rings. The van der Waals surface area contributed by atoms with Crippen molar-refractivity contribution in [1.29, 1.82) is 0 Å². The number of carbonyl (C=O) groups is 1. The second-order valence-electron chi connectivity index (χ2n) is 3.13. The first-order chi connectivity index (χ1) is 6.20. The van der Waals surface area contributed by atoms with Crippen LogP contribution in [0.5, 0.6) is 0 Å². The Kier molecular flexibility index (Phi) is 8.30. The lowest BCUT2D eigenvalue weighted by Crippen LogP contribution is -2.02. The summed E-state index contributed by atoms with van der Waals surface area (Å²) in [5.74, 6) is 0.494. The molecule has 1 atom stereocenters. The molecule has 1 unspecified atom stereocenters. The van der Waals surface area contributed by atoms with E-state index < -0.39 is 5.97 Å². The van der Waals surface area contributed by atoms with Gasteiger partial charge < -0.3 is 5.11 Å². The smallest absolute Gasteiger partial charge is 0.303 e. The van der Waals surface area contributed by atoms with Crippen LogP contribution in [0.3, 0.4) is 0 Å². The van der Waals surface area contributed by atoms with Gasteiger partial charge in [0.2, 0.25) is 0 Å². The van der Waals surface area contributed by atoms with Crippen LogP contribution >= 0.6 is 11.8 Å². The minimum atomic E-state index is -0.670. The van der Waals surface area contributed by atoms with Crippen molar-refractivity contribution in [1.82, 2.24) is 0 Å². The molecule has 0 aromatic heterocycles. The normalized spacial score (nSPS) is 12.8. The number of unbranched alkanes of at least 4 members (excludes halogenated alkanes) is 1. The zero-order valence-corrected chi connectivity index (χ0v) is 9.40. The zero-order chi connectivity index (χ0) is 10.1. The van der Waals surface area contributed by atoms with E-state index in [1.165, 1.54) is 12.8 Å². The van der Waals surface area contributed by atoms with Crippen molar-refractivity contribution in [2.75, 3.05) is 5.75 Å². The number of carboxylic acids is 1. The highest BCUT2D eigenvalue weighted by molar-refractivity contribution is 7.99. The van der Waals surface area contributed by atoms with Crippen LogP contribution in [0.15, 0.2) is 0 Å². The molecule has 3 heteroatoms. The van der Waals surface area contributed by atoms with Crippen LogP contribution in [0.25, 0.3) is 0 Å². The van der Waals surface area contributed by atoms with E-state index in [0.29, 0.717) is 6.42 Å². The molecule has 78 valence electrons. The molecule has 0 spiro atoms. The first-order valence-corrected chi connectivity index (χ1v) is 6.09. The van der Waals surface area contributed by atoms with Gasteiger partial charge >= 0.3 is 5.97 Å². The Hall–Kier alpha value is -0.180. The molecule has 0 bridgehead atoms. The first kappa shape index (κ1) is 12.8. The summed E-state index contributed by atoms with van der Waals surface area (Å²) in [5, 5.41) is 9.17. The fourth-order valence-electron chi connectivity index (χ4n) is 1.29. The van der Waals surface area contributed by atoms with Gasteiger partial charge in [0, 0.05) is 11.7 Å². The summed E-state index contributed by atoms with van der Waals surface area (Å²) in [5.41, 5.74) is 0. The number of thioether (sulfide) groups is 1. The molecule has 0 radical (unpaired) electrons. The third-order valence-corrected chi connectivity index (χ3v) is 3.40. The molecule has 2 nitrogen and oxygen atoms in total. The highest BCUT2D eigenvalue weighted by atomic mass is 32.2. The topological polar surface area (TPSA) is 37.3 Å². The lowest BCUT2D eigenvalue weighted by molar-refractivity contribution is -0.137. The van der Waals surface area contributed by atoms with Crippen molar-refractivity contribution >= 4 is 17.7 Å². The van der Waals surface area contributed by atoms with Crippen LogP contribution in [0, 0.1) is 0 Å². The highest BCUT2D eigenvalue weighted by Gasteiger charge is 2.05. The highest BCUT2D eigenvalue weighted by Crippen LogP contribution is 2.20. The van der Waals surface area contributed by atoms with Crippen LogP contribution in [0.4, 0.5) is 0 Å². The van der Waals surface area contributed by atoms with Gasteiger partial charge in [0.1, 0.15) is 0 Å². The van der Waals surface area contributed by atoms with E-state index in [4.69, 9.17) is 5.11 Å². The molecule has 0 aliphatic carbocycles. The monoisotopic (exact) mass is 204 g/mol. The summed E-state index contributed by atoms with van der Waals surface area (Å²) in [6.45, 7) is 4.37. The van der Waals surface area contributed by atoms with Crippen LogP contribution in [0.2, 0.25) is 0 Å². The maximum Gasteiger partial charge on any atom is 0.303 e. The van der Waals surface area contributed by atoms with Gasteiger partial charge in [-0.25, -0.2) is 0 Å². The Bertz CT molecular complexity index is 137. The lowest BCUT2D eigenvalue weighted by Gasteiger charge is -2.12. The van der Waals surface area contributed by atoms with Gasteiger partial charge in [0.05, 0.1) is 0 Å².